The lowest BCUT2D eigenvalue weighted by atomic mass is 10.2. The minimum Gasteiger partial charge on any atom is -0.394 e. The van der Waals surface area contributed by atoms with E-state index >= 15 is 0 Å². The second-order valence-corrected chi connectivity index (χ2v) is 5.22. The summed E-state index contributed by atoms with van der Waals surface area (Å²) in [6, 6.07) is 0.547. The van der Waals surface area contributed by atoms with E-state index in [-0.39, 0.29) is 6.61 Å². The molecule has 0 amide bonds. The standard InChI is InChI=1S/C12H24N6O/c1-16-3-4-17(2)12(10-16)8-13-7-11-9-18(5-6-19)15-14-11/h9,12-13,19H,3-8,10H2,1-2H3. The molecule has 1 aromatic heterocycles. The van der Waals surface area contributed by atoms with Gasteiger partial charge in [0, 0.05) is 45.0 Å². The number of aliphatic hydroxyl groups excluding tert-OH is 1. The maximum atomic E-state index is 8.81. The van der Waals surface area contributed by atoms with Crippen LogP contribution in [0.5, 0.6) is 0 Å². The summed E-state index contributed by atoms with van der Waals surface area (Å²) in [6.07, 6.45) is 1.87. The molecule has 1 fully saturated rings. The molecule has 2 heterocycles. The van der Waals surface area contributed by atoms with Gasteiger partial charge in [-0.3, -0.25) is 4.90 Å². The quantitative estimate of drug-likeness (QED) is 0.662. The lowest BCUT2D eigenvalue weighted by Gasteiger charge is -2.37. The summed E-state index contributed by atoms with van der Waals surface area (Å²) in [5, 5.41) is 20.3. The van der Waals surface area contributed by atoms with Crippen LogP contribution in [0.3, 0.4) is 0 Å². The van der Waals surface area contributed by atoms with Crippen LogP contribution in [0.1, 0.15) is 5.69 Å². The van der Waals surface area contributed by atoms with Gasteiger partial charge in [0.1, 0.15) is 0 Å². The maximum absolute atomic E-state index is 8.81. The van der Waals surface area contributed by atoms with Gasteiger partial charge in [0.2, 0.25) is 0 Å². The first-order valence-corrected chi connectivity index (χ1v) is 6.78. The monoisotopic (exact) mass is 268 g/mol. The number of aromatic nitrogens is 3. The Morgan fingerprint density at radius 2 is 2.26 bits per heavy atom. The highest BCUT2D eigenvalue weighted by atomic mass is 16.3. The third-order valence-electron chi connectivity index (χ3n) is 3.58. The van der Waals surface area contributed by atoms with Crippen molar-refractivity contribution in [3.05, 3.63) is 11.9 Å². The van der Waals surface area contributed by atoms with Crippen molar-refractivity contribution in [3.8, 4) is 0 Å². The molecule has 0 saturated carbocycles. The van der Waals surface area contributed by atoms with Crippen molar-refractivity contribution in [2.24, 2.45) is 0 Å². The highest BCUT2D eigenvalue weighted by Gasteiger charge is 2.21. The van der Waals surface area contributed by atoms with Crippen LogP contribution in [0.15, 0.2) is 6.20 Å². The van der Waals surface area contributed by atoms with Crippen molar-refractivity contribution in [1.82, 2.24) is 30.1 Å². The molecule has 0 aliphatic carbocycles. The average Bonchev–Trinajstić information content (AvgIpc) is 2.82. The molecular formula is C12H24N6O. The molecule has 0 spiro atoms. The Balaban J connectivity index is 1.72. The molecule has 1 aliphatic heterocycles. The van der Waals surface area contributed by atoms with Crippen molar-refractivity contribution < 1.29 is 5.11 Å². The molecule has 0 bridgehead atoms. The summed E-state index contributed by atoms with van der Waals surface area (Å²) in [7, 11) is 4.34. The van der Waals surface area contributed by atoms with Crippen LogP contribution in [0.4, 0.5) is 0 Å². The molecule has 1 aromatic rings. The molecule has 1 unspecified atom stereocenters. The molecule has 2 N–H and O–H groups in total. The van der Waals surface area contributed by atoms with Gasteiger partial charge in [0.25, 0.3) is 0 Å². The zero-order chi connectivity index (χ0) is 13.7. The Kier molecular flexibility index (Phi) is 5.26. The summed E-state index contributed by atoms with van der Waals surface area (Å²) in [4.78, 5) is 4.76. The van der Waals surface area contributed by atoms with E-state index in [1.165, 1.54) is 0 Å². The molecule has 7 heteroatoms. The van der Waals surface area contributed by atoms with Crippen LogP contribution in [-0.2, 0) is 13.1 Å². The molecule has 1 aliphatic rings. The van der Waals surface area contributed by atoms with Gasteiger partial charge < -0.3 is 15.3 Å². The van der Waals surface area contributed by atoms with Crippen LogP contribution in [-0.4, -0.2) is 82.8 Å². The van der Waals surface area contributed by atoms with Crippen molar-refractivity contribution in [3.63, 3.8) is 0 Å². The van der Waals surface area contributed by atoms with Gasteiger partial charge in [0.15, 0.2) is 0 Å². The van der Waals surface area contributed by atoms with Gasteiger partial charge in [0.05, 0.1) is 18.8 Å². The number of likely N-dealkylation sites (N-methyl/N-ethyl adjacent to an activating group) is 2. The lowest BCUT2D eigenvalue weighted by Crippen LogP contribution is -2.53. The summed E-state index contributed by atoms with van der Waals surface area (Å²) < 4.78 is 1.66. The van der Waals surface area contributed by atoms with Crippen molar-refractivity contribution in [1.29, 1.82) is 0 Å². The van der Waals surface area contributed by atoms with Gasteiger partial charge in [-0.1, -0.05) is 5.21 Å². The second-order valence-electron chi connectivity index (χ2n) is 5.22. The molecule has 1 saturated heterocycles. The minimum absolute atomic E-state index is 0.0927. The first kappa shape index (κ1) is 14.4. The molecule has 1 atom stereocenters. The molecule has 19 heavy (non-hydrogen) atoms. The zero-order valence-electron chi connectivity index (χ0n) is 11.8. The molecule has 108 valence electrons. The molecular weight excluding hydrogens is 244 g/mol. The average molecular weight is 268 g/mol. The Morgan fingerprint density at radius 3 is 3.05 bits per heavy atom. The topological polar surface area (TPSA) is 69.5 Å². The number of hydrogen-bond acceptors (Lipinski definition) is 6. The van der Waals surface area contributed by atoms with E-state index in [1.54, 1.807) is 4.68 Å². The predicted octanol–water partition coefficient (Wildman–Crippen LogP) is -1.39. The summed E-state index contributed by atoms with van der Waals surface area (Å²) in [5.74, 6) is 0. The highest BCUT2D eigenvalue weighted by molar-refractivity contribution is 4.92. The molecule has 0 radical (unpaired) electrons. The zero-order valence-corrected chi connectivity index (χ0v) is 11.8. The first-order chi connectivity index (χ1) is 9.19. The lowest BCUT2D eigenvalue weighted by molar-refractivity contribution is 0.113. The maximum Gasteiger partial charge on any atom is 0.0964 e. The Morgan fingerprint density at radius 1 is 1.42 bits per heavy atom. The van der Waals surface area contributed by atoms with E-state index in [1.807, 2.05) is 6.20 Å². The van der Waals surface area contributed by atoms with Crippen molar-refractivity contribution >= 4 is 0 Å². The number of nitrogens with one attached hydrogen (secondary N) is 1. The highest BCUT2D eigenvalue weighted by Crippen LogP contribution is 2.05. The van der Waals surface area contributed by atoms with Crippen molar-refractivity contribution in [2.45, 2.75) is 19.1 Å². The van der Waals surface area contributed by atoms with Crippen LogP contribution in [0.2, 0.25) is 0 Å². The molecule has 7 nitrogen and oxygen atoms in total. The number of piperazine rings is 1. The smallest absolute Gasteiger partial charge is 0.0964 e. The van der Waals surface area contributed by atoms with Gasteiger partial charge in [-0.05, 0) is 14.1 Å². The van der Waals surface area contributed by atoms with E-state index in [4.69, 9.17) is 5.11 Å². The van der Waals surface area contributed by atoms with Crippen molar-refractivity contribution in [2.75, 3.05) is 46.9 Å². The third-order valence-corrected chi connectivity index (χ3v) is 3.58. The van der Waals surface area contributed by atoms with Gasteiger partial charge >= 0.3 is 0 Å². The van der Waals surface area contributed by atoms with E-state index < -0.39 is 0 Å². The SMILES string of the molecule is CN1CCN(C)C(CNCc2cn(CCO)nn2)C1. The fourth-order valence-corrected chi connectivity index (χ4v) is 2.32. The van der Waals surface area contributed by atoms with E-state index in [0.717, 1.165) is 38.4 Å². The number of nitrogens with zero attached hydrogens (tertiary/aromatic N) is 5. The van der Waals surface area contributed by atoms with Crippen LogP contribution in [0, 0.1) is 0 Å². The van der Waals surface area contributed by atoms with Gasteiger partial charge in [-0.15, -0.1) is 5.10 Å². The predicted molar refractivity (Wildman–Crippen MR) is 72.7 cm³/mol. The van der Waals surface area contributed by atoms with E-state index in [2.05, 4.69) is 39.5 Å². The van der Waals surface area contributed by atoms with Gasteiger partial charge in [-0.25, -0.2) is 4.68 Å². The summed E-state index contributed by atoms with van der Waals surface area (Å²) >= 11 is 0. The fourth-order valence-electron chi connectivity index (χ4n) is 2.32. The summed E-state index contributed by atoms with van der Waals surface area (Å²) in [5.41, 5.74) is 0.917. The van der Waals surface area contributed by atoms with E-state index in [0.29, 0.717) is 12.6 Å². The molecule has 2 rings (SSSR count). The van der Waals surface area contributed by atoms with Crippen LogP contribution >= 0.6 is 0 Å². The van der Waals surface area contributed by atoms with Crippen LogP contribution in [0.25, 0.3) is 0 Å². The number of rotatable bonds is 6. The second kappa shape index (κ2) is 6.95. The third kappa shape index (κ3) is 4.24. The number of hydrogen-bond donors (Lipinski definition) is 2. The number of aliphatic hydroxyl groups is 1. The Bertz CT molecular complexity index is 382. The summed E-state index contributed by atoms with van der Waals surface area (Å²) in [6.45, 7) is 5.63. The largest absolute Gasteiger partial charge is 0.394 e. The first-order valence-electron chi connectivity index (χ1n) is 6.78. The molecule has 0 aromatic carbocycles. The minimum atomic E-state index is 0.0927. The van der Waals surface area contributed by atoms with E-state index in [9.17, 15) is 0 Å². The van der Waals surface area contributed by atoms with Gasteiger partial charge in [-0.2, -0.15) is 0 Å². The Hall–Kier alpha value is -1.02. The fraction of sp³-hybridized carbons (Fsp3) is 0.833. The normalized spacial score (nSPS) is 21.9. The van der Waals surface area contributed by atoms with Crippen LogP contribution < -0.4 is 5.32 Å². The Labute approximate surface area is 114 Å².